The molecule has 1 aliphatic carbocycles. The van der Waals surface area contributed by atoms with Gasteiger partial charge in [0, 0.05) is 24.3 Å². The molecular weight excluding hydrogens is 246 g/mol. The van der Waals surface area contributed by atoms with Gasteiger partial charge in [0.1, 0.15) is 5.82 Å². The van der Waals surface area contributed by atoms with Crippen LogP contribution in [0.3, 0.4) is 0 Å². The molecule has 2 fully saturated rings. The molecular formula is C14H20ClN3. The van der Waals surface area contributed by atoms with Crippen LogP contribution in [0, 0.1) is 12.8 Å². The lowest BCUT2D eigenvalue weighted by Crippen LogP contribution is -2.35. The highest BCUT2D eigenvalue weighted by Crippen LogP contribution is 2.37. The van der Waals surface area contributed by atoms with Gasteiger partial charge >= 0.3 is 0 Å². The lowest BCUT2D eigenvalue weighted by Gasteiger charge is -2.30. The van der Waals surface area contributed by atoms with Gasteiger partial charge in [0.15, 0.2) is 0 Å². The predicted molar refractivity (Wildman–Crippen MR) is 74.1 cm³/mol. The predicted octanol–water partition coefficient (Wildman–Crippen LogP) is 3.60. The molecule has 1 aromatic heterocycles. The summed E-state index contributed by atoms with van der Waals surface area (Å²) in [5.74, 6) is 1.89. The van der Waals surface area contributed by atoms with E-state index in [1.807, 2.05) is 6.92 Å². The fourth-order valence-electron chi connectivity index (χ4n) is 3.57. The van der Waals surface area contributed by atoms with Crippen molar-refractivity contribution in [2.24, 2.45) is 5.92 Å². The molecule has 1 unspecified atom stereocenters. The van der Waals surface area contributed by atoms with Gasteiger partial charge in [-0.1, -0.05) is 12.8 Å². The van der Waals surface area contributed by atoms with Gasteiger partial charge in [0.2, 0.25) is 5.28 Å². The van der Waals surface area contributed by atoms with Crippen molar-refractivity contribution in [1.29, 1.82) is 0 Å². The molecule has 0 aromatic carbocycles. The zero-order chi connectivity index (χ0) is 12.5. The maximum atomic E-state index is 5.99. The summed E-state index contributed by atoms with van der Waals surface area (Å²) in [7, 11) is 0. The van der Waals surface area contributed by atoms with Crippen molar-refractivity contribution in [2.45, 2.75) is 51.5 Å². The summed E-state index contributed by atoms with van der Waals surface area (Å²) in [6, 6.07) is 2.75. The van der Waals surface area contributed by atoms with Gasteiger partial charge in [-0.3, -0.25) is 0 Å². The monoisotopic (exact) mass is 265 g/mol. The minimum Gasteiger partial charge on any atom is -0.353 e. The van der Waals surface area contributed by atoms with Crippen LogP contribution < -0.4 is 4.90 Å². The first-order valence-electron chi connectivity index (χ1n) is 7.02. The van der Waals surface area contributed by atoms with E-state index < -0.39 is 0 Å². The maximum absolute atomic E-state index is 5.99. The van der Waals surface area contributed by atoms with Crippen molar-refractivity contribution in [3.8, 4) is 0 Å². The first-order chi connectivity index (χ1) is 8.74. The number of halogens is 1. The Balaban J connectivity index is 1.85. The molecule has 18 heavy (non-hydrogen) atoms. The Morgan fingerprint density at radius 3 is 2.67 bits per heavy atom. The van der Waals surface area contributed by atoms with E-state index >= 15 is 0 Å². The molecule has 3 rings (SSSR count). The third-order valence-electron chi connectivity index (χ3n) is 4.35. The third kappa shape index (κ3) is 2.33. The minimum atomic E-state index is 0.377. The lowest BCUT2D eigenvalue weighted by molar-refractivity contribution is 0.429. The smallest absolute Gasteiger partial charge is 0.224 e. The largest absolute Gasteiger partial charge is 0.353 e. The highest BCUT2D eigenvalue weighted by Gasteiger charge is 2.34. The molecule has 1 atom stereocenters. The number of hydrogen-bond acceptors (Lipinski definition) is 3. The molecule has 0 N–H and O–H groups in total. The number of nitrogens with zero attached hydrogens (tertiary/aromatic N) is 3. The topological polar surface area (TPSA) is 29.0 Å². The standard InChI is InChI=1S/C14H20ClN3/c1-10-9-13(17-14(15)16-10)18-8-4-7-12(18)11-5-2-3-6-11/h9,11-12H,2-8H2,1H3. The van der Waals surface area contributed by atoms with Crippen LogP contribution in [0.4, 0.5) is 5.82 Å². The Morgan fingerprint density at radius 1 is 1.17 bits per heavy atom. The quantitative estimate of drug-likeness (QED) is 0.765. The number of anilines is 1. The van der Waals surface area contributed by atoms with Crippen molar-refractivity contribution in [1.82, 2.24) is 9.97 Å². The van der Waals surface area contributed by atoms with E-state index in [1.165, 1.54) is 38.5 Å². The van der Waals surface area contributed by atoms with Gasteiger partial charge in [-0.2, -0.15) is 0 Å². The Morgan fingerprint density at radius 2 is 1.94 bits per heavy atom. The molecule has 1 aromatic rings. The molecule has 2 heterocycles. The van der Waals surface area contributed by atoms with E-state index in [9.17, 15) is 0 Å². The highest BCUT2D eigenvalue weighted by atomic mass is 35.5. The molecule has 98 valence electrons. The highest BCUT2D eigenvalue weighted by molar-refractivity contribution is 6.28. The number of aryl methyl sites for hydroxylation is 1. The van der Waals surface area contributed by atoms with Crippen molar-refractivity contribution in [3.05, 3.63) is 17.0 Å². The summed E-state index contributed by atoms with van der Waals surface area (Å²) in [6.45, 7) is 3.10. The van der Waals surface area contributed by atoms with Crippen LogP contribution in [0.2, 0.25) is 5.28 Å². The van der Waals surface area contributed by atoms with Gasteiger partial charge in [0.25, 0.3) is 0 Å². The Hall–Kier alpha value is -0.830. The fourth-order valence-corrected chi connectivity index (χ4v) is 3.79. The normalized spacial score (nSPS) is 25.0. The van der Waals surface area contributed by atoms with Crippen molar-refractivity contribution in [3.63, 3.8) is 0 Å². The lowest BCUT2D eigenvalue weighted by atomic mass is 9.96. The molecule has 1 saturated heterocycles. The summed E-state index contributed by atoms with van der Waals surface area (Å²) in [5.41, 5.74) is 0.960. The van der Waals surface area contributed by atoms with Crippen LogP contribution in [0.25, 0.3) is 0 Å². The first kappa shape index (κ1) is 12.2. The Labute approximate surface area is 114 Å². The maximum Gasteiger partial charge on any atom is 0.224 e. The van der Waals surface area contributed by atoms with Crippen LogP contribution in [0.15, 0.2) is 6.07 Å². The zero-order valence-corrected chi connectivity index (χ0v) is 11.7. The average Bonchev–Trinajstić information content (AvgIpc) is 2.98. The van der Waals surface area contributed by atoms with Crippen molar-refractivity contribution >= 4 is 17.4 Å². The fraction of sp³-hybridized carbons (Fsp3) is 0.714. The molecule has 0 amide bonds. The number of hydrogen-bond donors (Lipinski definition) is 0. The summed E-state index contributed by atoms with van der Waals surface area (Å²) in [4.78, 5) is 11.0. The summed E-state index contributed by atoms with van der Waals surface area (Å²) in [6.07, 6.45) is 8.17. The van der Waals surface area contributed by atoms with Crippen molar-refractivity contribution in [2.75, 3.05) is 11.4 Å². The van der Waals surface area contributed by atoms with Crippen LogP contribution in [-0.4, -0.2) is 22.6 Å². The molecule has 1 aliphatic heterocycles. The molecule has 1 saturated carbocycles. The first-order valence-corrected chi connectivity index (χ1v) is 7.39. The van der Waals surface area contributed by atoms with Gasteiger partial charge < -0.3 is 4.90 Å². The van der Waals surface area contributed by atoms with E-state index in [4.69, 9.17) is 11.6 Å². The van der Waals surface area contributed by atoms with E-state index in [1.54, 1.807) is 0 Å². The summed E-state index contributed by atoms with van der Waals surface area (Å²) in [5, 5.41) is 0.377. The second-order valence-electron chi connectivity index (χ2n) is 5.58. The molecule has 0 bridgehead atoms. The summed E-state index contributed by atoms with van der Waals surface area (Å²) < 4.78 is 0. The van der Waals surface area contributed by atoms with E-state index in [-0.39, 0.29) is 0 Å². The van der Waals surface area contributed by atoms with E-state index in [0.29, 0.717) is 11.3 Å². The SMILES string of the molecule is Cc1cc(N2CCCC2C2CCCC2)nc(Cl)n1. The molecule has 4 heteroatoms. The Kier molecular flexibility index (Phi) is 3.42. The Bertz CT molecular complexity index is 409. The zero-order valence-electron chi connectivity index (χ0n) is 10.9. The van der Waals surface area contributed by atoms with E-state index in [2.05, 4.69) is 20.9 Å². The summed E-state index contributed by atoms with van der Waals surface area (Å²) >= 11 is 5.99. The van der Waals surface area contributed by atoms with Gasteiger partial charge in [-0.25, -0.2) is 9.97 Å². The van der Waals surface area contributed by atoms with Crippen LogP contribution in [-0.2, 0) is 0 Å². The second-order valence-corrected chi connectivity index (χ2v) is 5.92. The van der Waals surface area contributed by atoms with Crippen LogP contribution >= 0.6 is 11.6 Å². The van der Waals surface area contributed by atoms with Crippen LogP contribution in [0.1, 0.15) is 44.2 Å². The van der Waals surface area contributed by atoms with Gasteiger partial charge in [-0.15, -0.1) is 0 Å². The number of rotatable bonds is 2. The third-order valence-corrected chi connectivity index (χ3v) is 4.52. The molecule has 2 aliphatic rings. The second kappa shape index (κ2) is 5.04. The minimum absolute atomic E-state index is 0.377. The van der Waals surface area contributed by atoms with Gasteiger partial charge in [0.05, 0.1) is 0 Å². The van der Waals surface area contributed by atoms with Crippen molar-refractivity contribution < 1.29 is 0 Å². The molecule has 0 spiro atoms. The van der Waals surface area contributed by atoms with E-state index in [0.717, 1.165) is 24.0 Å². The average molecular weight is 266 g/mol. The van der Waals surface area contributed by atoms with Gasteiger partial charge in [-0.05, 0) is 50.1 Å². The van der Waals surface area contributed by atoms with Crippen LogP contribution in [0.5, 0.6) is 0 Å². The number of aromatic nitrogens is 2. The molecule has 3 nitrogen and oxygen atoms in total. The molecule has 0 radical (unpaired) electrons.